The molecule has 4 rings (SSSR count). The summed E-state index contributed by atoms with van der Waals surface area (Å²) < 4.78 is 0. The number of hydrogen-bond donors (Lipinski definition) is 0. The molecule has 1 heterocycles. The van der Waals surface area contributed by atoms with E-state index in [1.54, 1.807) is 0 Å². The number of nitrogens with zero attached hydrogens (tertiary/aromatic N) is 1. The third-order valence-electron chi connectivity index (χ3n) is 4.09. The lowest BCUT2D eigenvalue weighted by atomic mass is 9.43. The van der Waals surface area contributed by atoms with Gasteiger partial charge in [-0.1, -0.05) is 13.0 Å². The molecule has 2 bridgehead atoms. The van der Waals surface area contributed by atoms with Gasteiger partial charge in [-0.15, -0.1) is 11.6 Å². The largest absolute Gasteiger partial charge is 0.260 e. The first kappa shape index (κ1) is 9.65. The standard InChI is InChI=1S/C13H16ClN/c1-2-11(14)10-3-4-12(15-8-10)13-5-9(6-13)7-13/h3-4,8-9,11H,2,5-7H2,1H3. The van der Waals surface area contributed by atoms with E-state index in [0.717, 1.165) is 17.9 Å². The summed E-state index contributed by atoms with van der Waals surface area (Å²) in [4.78, 5) is 4.59. The number of hydrogen-bond acceptors (Lipinski definition) is 1. The molecule has 0 saturated heterocycles. The van der Waals surface area contributed by atoms with Crippen LogP contribution in [0, 0.1) is 5.92 Å². The topological polar surface area (TPSA) is 12.9 Å². The van der Waals surface area contributed by atoms with Gasteiger partial charge in [-0.2, -0.15) is 0 Å². The van der Waals surface area contributed by atoms with E-state index in [0.29, 0.717) is 5.41 Å². The van der Waals surface area contributed by atoms with Crippen molar-refractivity contribution in [3.05, 3.63) is 29.6 Å². The Hall–Kier alpha value is -0.560. The maximum atomic E-state index is 6.17. The molecule has 1 aromatic heterocycles. The lowest BCUT2D eigenvalue weighted by Crippen LogP contribution is -2.55. The summed E-state index contributed by atoms with van der Waals surface area (Å²) >= 11 is 6.17. The first-order chi connectivity index (χ1) is 7.23. The van der Waals surface area contributed by atoms with Crippen LogP contribution in [0.1, 0.15) is 49.2 Å². The van der Waals surface area contributed by atoms with Crippen molar-refractivity contribution in [2.24, 2.45) is 5.92 Å². The molecule has 1 atom stereocenters. The lowest BCUT2D eigenvalue weighted by Gasteiger charge is -2.61. The quantitative estimate of drug-likeness (QED) is 0.708. The molecule has 2 heteroatoms. The second-order valence-corrected chi connectivity index (χ2v) is 5.64. The summed E-state index contributed by atoms with van der Waals surface area (Å²) in [5, 5.41) is 0.125. The van der Waals surface area contributed by atoms with Gasteiger partial charge in [0.1, 0.15) is 0 Å². The third-order valence-corrected chi connectivity index (χ3v) is 4.65. The van der Waals surface area contributed by atoms with E-state index in [1.165, 1.54) is 25.0 Å². The van der Waals surface area contributed by atoms with Gasteiger partial charge in [0.2, 0.25) is 0 Å². The van der Waals surface area contributed by atoms with Crippen molar-refractivity contribution in [2.75, 3.05) is 0 Å². The Morgan fingerprint density at radius 2 is 2.20 bits per heavy atom. The van der Waals surface area contributed by atoms with Gasteiger partial charge < -0.3 is 0 Å². The van der Waals surface area contributed by atoms with Crippen molar-refractivity contribution < 1.29 is 0 Å². The monoisotopic (exact) mass is 221 g/mol. The van der Waals surface area contributed by atoms with Crippen LogP contribution in [0.4, 0.5) is 0 Å². The predicted molar refractivity (Wildman–Crippen MR) is 62.1 cm³/mol. The minimum atomic E-state index is 0.125. The van der Waals surface area contributed by atoms with Crippen molar-refractivity contribution in [1.29, 1.82) is 0 Å². The van der Waals surface area contributed by atoms with Gasteiger partial charge in [-0.25, -0.2) is 0 Å². The van der Waals surface area contributed by atoms with Crippen LogP contribution in [0.15, 0.2) is 18.3 Å². The zero-order valence-corrected chi connectivity index (χ0v) is 9.80. The molecule has 0 aliphatic heterocycles. The summed E-state index contributed by atoms with van der Waals surface area (Å²) in [7, 11) is 0. The minimum absolute atomic E-state index is 0.125. The van der Waals surface area contributed by atoms with E-state index in [9.17, 15) is 0 Å². The molecule has 1 unspecified atom stereocenters. The highest BCUT2D eigenvalue weighted by Crippen LogP contribution is 2.64. The van der Waals surface area contributed by atoms with Gasteiger partial charge >= 0.3 is 0 Å². The predicted octanol–water partition coefficient (Wildman–Crippen LogP) is 3.82. The highest BCUT2D eigenvalue weighted by Gasteiger charge is 2.58. The molecular weight excluding hydrogens is 206 g/mol. The Bertz CT molecular complexity index is 354. The van der Waals surface area contributed by atoms with E-state index in [4.69, 9.17) is 11.6 Å². The summed E-state index contributed by atoms with van der Waals surface area (Å²) in [5.41, 5.74) is 2.94. The van der Waals surface area contributed by atoms with Crippen LogP contribution in [0.2, 0.25) is 0 Å². The normalized spacial score (nSPS) is 34.1. The van der Waals surface area contributed by atoms with Crippen molar-refractivity contribution in [3.63, 3.8) is 0 Å². The van der Waals surface area contributed by atoms with E-state index in [2.05, 4.69) is 24.0 Å². The van der Waals surface area contributed by atoms with Crippen LogP contribution in [0.3, 0.4) is 0 Å². The first-order valence-electron chi connectivity index (χ1n) is 5.84. The van der Waals surface area contributed by atoms with Gasteiger partial charge in [0.15, 0.2) is 0 Å². The van der Waals surface area contributed by atoms with Crippen LogP contribution in [0.25, 0.3) is 0 Å². The van der Waals surface area contributed by atoms with E-state index in [-0.39, 0.29) is 5.38 Å². The lowest BCUT2D eigenvalue weighted by molar-refractivity contribution is -0.0308. The summed E-state index contributed by atoms with van der Waals surface area (Å²) in [6.45, 7) is 2.10. The molecule has 3 saturated carbocycles. The fourth-order valence-electron chi connectivity index (χ4n) is 2.93. The molecule has 3 aliphatic rings. The van der Waals surface area contributed by atoms with Crippen LogP contribution < -0.4 is 0 Å². The Labute approximate surface area is 95.9 Å². The molecule has 0 spiro atoms. The zero-order valence-electron chi connectivity index (χ0n) is 9.04. The van der Waals surface area contributed by atoms with Crippen LogP contribution >= 0.6 is 11.6 Å². The minimum Gasteiger partial charge on any atom is -0.260 e. The molecule has 3 fully saturated rings. The van der Waals surface area contributed by atoms with Gasteiger partial charge in [0.25, 0.3) is 0 Å². The first-order valence-corrected chi connectivity index (χ1v) is 6.28. The maximum absolute atomic E-state index is 6.17. The second-order valence-electron chi connectivity index (χ2n) is 5.11. The van der Waals surface area contributed by atoms with Crippen molar-refractivity contribution in [2.45, 2.75) is 43.4 Å². The Kier molecular flexibility index (Phi) is 2.07. The summed E-state index contributed by atoms with van der Waals surface area (Å²) in [5.74, 6) is 1.02. The highest BCUT2D eigenvalue weighted by molar-refractivity contribution is 6.20. The third kappa shape index (κ3) is 1.32. The summed E-state index contributed by atoms with van der Waals surface area (Å²) in [6.07, 6.45) is 7.05. The summed E-state index contributed by atoms with van der Waals surface area (Å²) in [6, 6.07) is 4.35. The van der Waals surface area contributed by atoms with Gasteiger partial charge in [-0.3, -0.25) is 4.98 Å². The Balaban J connectivity index is 1.81. The molecule has 0 amide bonds. The SMILES string of the molecule is CCC(Cl)c1ccc(C23CC(C2)C3)nc1. The number of pyridine rings is 1. The van der Waals surface area contributed by atoms with Gasteiger partial charge in [0.05, 0.1) is 5.38 Å². The maximum Gasteiger partial charge on any atom is 0.0597 e. The molecule has 0 aromatic carbocycles. The van der Waals surface area contributed by atoms with Gasteiger partial charge in [-0.05, 0) is 43.2 Å². The molecule has 1 nitrogen and oxygen atoms in total. The molecule has 0 N–H and O–H groups in total. The van der Waals surface area contributed by atoms with Crippen molar-refractivity contribution >= 4 is 11.6 Å². The highest BCUT2D eigenvalue weighted by atomic mass is 35.5. The number of alkyl halides is 1. The number of halogens is 1. The average molecular weight is 222 g/mol. The number of rotatable bonds is 3. The van der Waals surface area contributed by atoms with Crippen molar-refractivity contribution in [3.8, 4) is 0 Å². The fourth-order valence-corrected chi connectivity index (χ4v) is 3.06. The van der Waals surface area contributed by atoms with E-state index >= 15 is 0 Å². The van der Waals surface area contributed by atoms with E-state index < -0.39 is 0 Å². The Morgan fingerprint density at radius 3 is 2.60 bits per heavy atom. The molecule has 3 aliphatic carbocycles. The van der Waals surface area contributed by atoms with Crippen LogP contribution in [-0.4, -0.2) is 4.98 Å². The van der Waals surface area contributed by atoms with Gasteiger partial charge in [0, 0.05) is 17.3 Å². The molecular formula is C13H16ClN. The molecule has 15 heavy (non-hydrogen) atoms. The molecule has 80 valence electrons. The molecule has 1 aromatic rings. The average Bonchev–Trinajstić information content (AvgIpc) is 2.13. The smallest absolute Gasteiger partial charge is 0.0597 e. The van der Waals surface area contributed by atoms with Crippen LogP contribution in [0.5, 0.6) is 0 Å². The Morgan fingerprint density at radius 1 is 1.47 bits per heavy atom. The van der Waals surface area contributed by atoms with E-state index in [1.807, 2.05) is 6.20 Å². The second kappa shape index (κ2) is 3.21. The molecule has 0 radical (unpaired) electrons. The fraction of sp³-hybridized carbons (Fsp3) is 0.615. The van der Waals surface area contributed by atoms with Crippen LogP contribution in [-0.2, 0) is 5.41 Å². The zero-order chi connectivity index (χ0) is 10.5. The number of aromatic nitrogens is 1. The van der Waals surface area contributed by atoms with Crippen molar-refractivity contribution in [1.82, 2.24) is 4.98 Å².